The number of primary amides is 1. The smallest absolute Gasteiger partial charge is 0.312 e. The minimum atomic E-state index is -0.919. The Bertz CT molecular complexity index is 367. The van der Waals surface area contributed by atoms with E-state index in [2.05, 4.69) is 5.32 Å². The van der Waals surface area contributed by atoms with E-state index in [0.717, 1.165) is 0 Å². The Hall–Kier alpha value is -1.34. The minimum absolute atomic E-state index is 0.226. The van der Waals surface area contributed by atoms with E-state index in [1.54, 1.807) is 7.05 Å². The number of nitrogens with one attached hydrogen (secondary N) is 1. The summed E-state index contributed by atoms with van der Waals surface area (Å²) in [4.78, 5) is 25.0. The zero-order valence-corrected chi connectivity index (χ0v) is 13.1. The highest BCUT2D eigenvalue weighted by molar-refractivity contribution is 5.86. The van der Waals surface area contributed by atoms with Gasteiger partial charge in [-0.05, 0) is 12.3 Å². The van der Waals surface area contributed by atoms with Gasteiger partial charge in [-0.1, -0.05) is 13.8 Å². The van der Waals surface area contributed by atoms with Gasteiger partial charge in [0.15, 0.2) is 0 Å². The van der Waals surface area contributed by atoms with Crippen LogP contribution in [0.1, 0.15) is 33.1 Å². The summed E-state index contributed by atoms with van der Waals surface area (Å²) in [7, 11) is 1.63. The summed E-state index contributed by atoms with van der Waals surface area (Å²) in [6.07, 6.45) is 1.51. The molecule has 7 heteroatoms. The van der Waals surface area contributed by atoms with Gasteiger partial charge in [0, 0.05) is 39.6 Å². The number of carbonyl (C=O) groups excluding carboxylic acids is 2. The van der Waals surface area contributed by atoms with E-state index in [-0.39, 0.29) is 18.4 Å². The molecule has 1 unspecified atom stereocenters. The molecule has 7 nitrogen and oxygen atoms in total. The third-order valence-electron chi connectivity index (χ3n) is 3.65. The zero-order valence-electron chi connectivity index (χ0n) is 13.1. The highest BCUT2D eigenvalue weighted by Gasteiger charge is 2.34. The zero-order chi connectivity index (χ0) is 16.0. The number of urea groups is 1. The molecule has 1 aliphatic heterocycles. The fourth-order valence-electron chi connectivity index (χ4n) is 2.56. The molecule has 1 fully saturated rings. The number of hydrogen-bond donors (Lipinski definition) is 3. The SMILES string of the molecule is CC(C)CC(NC(N)=O)C(=O)N(C)CC1(O)CCOCC1. The quantitative estimate of drug-likeness (QED) is 0.645. The predicted molar refractivity (Wildman–Crippen MR) is 78.6 cm³/mol. The van der Waals surface area contributed by atoms with Gasteiger partial charge >= 0.3 is 6.03 Å². The molecule has 0 aromatic rings. The van der Waals surface area contributed by atoms with E-state index in [4.69, 9.17) is 10.5 Å². The summed E-state index contributed by atoms with van der Waals surface area (Å²) < 4.78 is 5.22. The van der Waals surface area contributed by atoms with E-state index in [0.29, 0.717) is 32.5 Å². The fraction of sp³-hybridized carbons (Fsp3) is 0.857. The molecule has 1 aliphatic rings. The number of amides is 3. The third-order valence-corrected chi connectivity index (χ3v) is 3.65. The number of hydrogen-bond acceptors (Lipinski definition) is 4. The second-order valence-electron chi connectivity index (χ2n) is 6.22. The van der Waals surface area contributed by atoms with Crippen molar-refractivity contribution < 1.29 is 19.4 Å². The van der Waals surface area contributed by atoms with E-state index in [9.17, 15) is 14.7 Å². The van der Waals surface area contributed by atoms with Gasteiger partial charge in [0.1, 0.15) is 6.04 Å². The minimum Gasteiger partial charge on any atom is -0.388 e. The summed E-state index contributed by atoms with van der Waals surface area (Å²) in [5, 5.41) is 12.9. The number of likely N-dealkylation sites (N-methyl/N-ethyl adjacent to an activating group) is 1. The van der Waals surface area contributed by atoms with Gasteiger partial charge in [0.05, 0.1) is 5.60 Å². The van der Waals surface area contributed by atoms with Gasteiger partial charge in [-0.25, -0.2) is 4.79 Å². The molecule has 0 aliphatic carbocycles. The first kappa shape index (κ1) is 17.7. The Morgan fingerprint density at radius 3 is 2.43 bits per heavy atom. The lowest BCUT2D eigenvalue weighted by Gasteiger charge is -2.36. The lowest BCUT2D eigenvalue weighted by atomic mass is 9.93. The third kappa shape index (κ3) is 5.89. The summed E-state index contributed by atoms with van der Waals surface area (Å²) in [5.74, 6) is 0.00721. The number of rotatable bonds is 6. The maximum absolute atomic E-state index is 12.4. The first-order valence-corrected chi connectivity index (χ1v) is 7.34. The molecule has 3 amide bonds. The van der Waals surface area contributed by atoms with E-state index in [1.165, 1.54) is 4.90 Å². The van der Waals surface area contributed by atoms with Crippen molar-refractivity contribution >= 4 is 11.9 Å². The van der Waals surface area contributed by atoms with Crippen molar-refractivity contribution in [2.45, 2.75) is 44.8 Å². The van der Waals surface area contributed by atoms with E-state index >= 15 is 0 Å². The lowest BCUT2D eigenvalue weighted by molar-refractivity contribution is -0.139. The first-order chi connectivity index (χ1) is 9.73. The second kappa shape index (κ2) is 7.61. The van der Waals surface area contributed by atoms with Crippen molar-refractivity contribution in [2.75, 3.05) is 26.8 Å². The monoisotopic (exact) mass is 301 g/mol. The molecule has 0 radical (unpaired) electrons. The number of nitrogens with two attached hydrogens (primary N) is 1. The van der Waals surface area contributed by atoms with Crippen LogP contribution in [0.4, 0.5) is 4.79 Å². The largest absolute Gasteiger partial charge is 0.388 e. The maximum Gasteiger partial charge on any atom is 0.312 e. The lowest BCUT2D eigenvalue weighted by Crippen LogP contribution is -2.54. The Morgan fingerprint density at radius 2 is 1.95 bits per heavy atom. The molecule has 0 bridgehead atoms. The van der Waals surface area contributed by atoms with Crippen LogP contribution in [0.5, 0.6) is 0 Å². The Morgan fingerprint density at radius 1 is 1.38 bits per heavy atom. The molecule has 1 saturated heterocycles. The molecule has 21 heavy (non-hydrogen) atoms. The normalized spacial score (nSPS) is 19.1. The standard InChI is InChI=1S/C14H27N3O4/c1-10(2)8-11(16-13(15)19)12(18)17(3)9-14(20)4-6-21-7-5-14/h10-11,20H,4-9H2,1-3H3,(H3,15,16,19). The average molecular weight is 301 g/mol. The molecular weight excluding hydrogens is 274 g/mol. The Labute approximate surface area is 125 Å². The van der Waals surface area contributed by atoms with Crippen LogP contribution in [0, 0.1) is 5.92 Å². The highest BCUT2D eigenvalue weighted by atomic mass is 16.5. The van der Waals surface area contributed by atoms with Crippen molar-refractivity contribution in [2.24, 2.45) is 11.7 Å². The van der Waals surface area contributed by atoms with Gasteiger partial charge in [-0.3, -0.25) is 4.79 Å². The summed E-state index contributed by atoms with van der Waals surface area (Å²) in [6, 6.07) is -1.37. The van der Waals surface area contributed by atoms with Crippen LogP contribution in [-0.4, -0.2) is 60.4 Å². The number of carbonyl (C=O) groups is 2. The number of aliphatic hydroxyl groups is 1. The molecule has 0 aromatic carbocycles. The van der Waals surface area contributed by atoms with E-state index in [1.807, 2.05) is 13.8 Å². The van der Waals surface area contributed by atoms with Gasteiger partial charge in [0.25, 0.3) is 0 Å². The van der Waals surface area contributed by atoms with Crippen molar-refractivity contribution in [1.29, 1.82) is 0 Å². The van der Waals surface area contributed by atoms with Gasteiger partial charge in [0.2, 0.25) is 5.91 Å². The summed E-state index contributed by atoms with van der Waals surface area (Å²) in [6.45, 7) is 5.15. The van der Waals surface area contributed by atoms with Crippen LogP contribution in [-0.2, 0) is 9.53 Å². The second-order valence-corrected chi connectivity index (χ2v) is 6.22. The van der Waals surface area contributed by atoms with Crippen LogP contribution in [0.3, 0.4) is 0 Å². The summed E-state index contributed by atoms with van der Waals surface area (Å²) >= 11 is 0. The predicted octanol–water partition coefficient (Wildman–Crippen LogP) is 0.0693. The van der Waals surface area contributed by atoms with Crippen LogP contribution < -0.4 is 11.1 Å². The molecule has 4 N–H and O–H groups in total. The van der Waals surface area contributed by atoms with Crippen molar-refractivity contribution in [3.8, 4) is 0 Å². The van der Waals surface area contributed by atoms with Crippen molar-refractivity contribution in [1.82, 2.24) is 10.2 Å². The van der Waals surface area contributed by atoms with Gasteiger partial charge in [-0.15, -0.1) is 0 Å². The van der Waals surface area contributed by atoms with Crippen LogP contribution in [0.2, 0.25) is 0 Å². The van der Waals surface area contributed by atoms with E-state index < -0.39 is 17.7 Å². The van der Waals surface area contributed by atoms with Crippen molar-refractivity contribution in [3.05, 3.63) is 0 Å². The van der Waals surface area contributed by atoms with Crippen LogP contribution in [0.15, 0.2) is 0 Å². The van der Waals surface area contributed by atoms with Crippen LogP contribution >= 0.6 is 0 Å². The molecule has 1 heterocycles. The fourth-order valence-corrected chi connectivity index (χ4v) is 2.56. The molecule has 1 atom stereocenters. The van der Waals surface area contributed by atoms with Gasteiger partial charge in [-0.2, -0.15) is 0 Å². The highest BCUT2D eigenvalue weighted by Crippen LogP contribution is 2.21. The summed E-state index contributed by atoms with van der Waals surface area (Å²) in [5.41, 5.74) is 4.21. The molecule has 0 spiro atoms. The molecule has 0 aromatic heterocycles. The van der Waals surface area contributed by atoms with Crippen LogP contribution in [0.25, 0.3) is 0 Å². The number of ether oxygens (including phenoxy) is 1. The molecule has 122 valence electrons. The Kier molecular flexibility index (Phi) is 6.42. The topological polar surface area (TPSA) is 105 Å². The maximum atomic E-state index is 12.4. The van der Waals surface area contributed by atoms with Crippen molar-refractivity contribution in [3.63, 3.8) is 0 Å². The van der Waals surface area contributed by atoms with Gasteiger partial charge < -0.3 is 25.8 Å². The first-order valence-electron chi connectivity index (χ1n) is 7.34. The average Bonchev–Trinajstić information content (AvgIpc) is 2.36. The number of nitrogens with zero attached hydrogens (tertiary/aromatic N) is 1. The Balaban J connectivity index is 2.65. The molecule has 1 rings (SSSR count). The molecular formula is C14H27N3O4. The molecule has 0 saturated carbocycles.